The molecule has 0 aromatic heterocycles. The van der Waals surface area contributed by atoms with Gasteiger partial charge in [0.25, 0.3) is 0 Å². The van der Waals surface area contributed by atoms with E-state index in [9.17, 15) is 8.42 Å². The summed E-state index contributed by atoms with van der Waals surface area (Å²) in [4.78, 5) is 10.1. The number of nitrogens with zero attached hydrogens (tertiary/aromatic N) is 3. The molecule has 1 fully saturated rings. The molecule has 1 saturated heterocycles. The third-order valence-electron chi connectivity index (χ3n) is 5.50. The summed E-state index contributed by atoms with van der Waals surface area (Å²) in [5, 5.41) is 6.75. The van der Waals surface area contributed by atoms with Crippen LogP contribution in [0.15, 0.2) is 28.1 Å². The largest absolute Gasteiger partial charge is 0.357 e. The summed E-state index contributed by atoms with van der Waals surface area (Å²) in [5.74, 6) is 1.32. The molecule has 1 aromatic rings. The van der Waals surface area contributed by atoms with Crippen molar-refractivity contribution in [1.82, 2.24) is 20.4 Å². The summed E-state index contributed by atoms with van der Waals surface area (Å²) in [7, 11) is -3.19. The van der Waals surface area contributed by atoms with Crippen molar-refractivity contribution in [2.24, 2.45) is 10.9 Å². The fourth-order valence-electron chi connectivity index (χ4n) is 3.80. The molecule has 0 saturated carbocycles. The van der Waals surface area contributed by atoms with Crippen molar-refractivity contribution in [3.05, 3.63) is 29.3 Å². The molecule has 7 nitrogen and oxygen atoms in total. The maximum atomic E-state index is 11.8. The molecule has 0 bridgehead atoms. The molecule has 0 amide bonds. The molecule has 31 heavy (non-hydrogen) atoms. The molecule has 1 atom stereocenters. The lowest BCUT2D eigenvalue weighted by atomic mass is 10.1. The van der Waals surface area contributed by atoms with Crippen LogP contribution in [0, 0.1) is 12.8 Å². The topological polar surface area (TPSA) is 77.0 Å². The first-order valence-corrected chi connectivity index (χ1v) is 12.9. The van der Waals surface area contributed by atoms with E-state index in [0.29, 0.717) is 17.4 Å². The van der Waals surface area contributed by atoms with Gasteiger partial charge in [-0.15, -0.1) is 24.0 Å². The highest BCUT2D eigenvalue weighted by Crippen LogP contribution is 2.17. The van der Waals surface area contributed by atoms with Crippen LogP contribution in [-0.2, 0) is 16.4 Å². The normalized spacial score (nSPS) is 17.1. The number of sulfone groups is 1. The van der Waals surface area contributed by atoms with Gasteiger partial charge < -0.3 is 20.4 Å². The third-order valence-corrected chi connectivity index (χ3v) is 6.76. The Kier molecular flexibility index (Phi) is 12.3. The first kappa shape index (κ1) is 28.1. The molecule has 1 heterocycles. The van der Waals surface area contributed by atoms with Crippen LogP contribution in [0.5, 0.6) is 0 Å². The number of hydrogen-bond donors (Lipinski definition) is 2. The molecule has 1 aliphatic rings. The molecule has 1 aliphatic heterocycles. The van der Waals surface area contributed by atoms with Crippen LogP contribution in [0.3, 0.4) is 0 Å². The molecule has 0 aliphatic carbocycles. The van der Waals surface area contributed by atoms with E-state index in [1.807, 2.05) is 19.1 Å². The standard InChI is InChI=1S/C22H39N5O2S.HI/c1-6-23-22(24-15-18(3)17-27-12-10-26(7-2)11-13-27)25-16-20-8-9-21(19(4)14-20)30(5,28)29;/h8-9,14,18H,6-7,10-13,15-17H2,1-5H3,(H2,23,24,25);1H. The van der Waals surface area contributed by atoms with Crippen molar-refractivity contribution in [1.29, 1.82) is 0 Å². The Morgan fingerprint density at radius 3 is 2.32 bits per heavy atom. The first-order chi connectivity index (χ1) is 14.2. The summed E-state index contributed by atoms with van der Waals surface area (Å²) >= 11 is 0. The number of hydrogen-bond acceptors (Lipinski definition) is 5. The number of guanidine groups is 1. The number of benzene rings is 1. The summed E-state index contributed by atoms with van der Waals surface area (Å²) in [6.07, 6.45) is 1.24. The smallest absolute Gasteiger partial charge is 0.191 e. The van der Waals surface area contributed by atoms with E-state index >= 15 is 0 Å². The molecule has 1 aromatic carbocycles. The lowest BCUT2D eigenvalue weighted by Gasteiger charge is -2.35. The molecule has 2 rings (SSSR count). The van der Waals surface area contributed by atoms with Gasteiger partial charge in [0.05, 0.1) is 11.4 Å². The number of nitrogens with one attached hydrogen (secondary N) is 2. The van der Waals surface area contributed by atoms with Crippen LogP contribution >= 0.6 is 24.0 Å². The Balaban J connectivity index is 0.00000480. The minimum absolute atomic E-state index is 0. The van der Waals surface area contributed by atoms with Crippen molar-refractivity contribution in [3.63, 3.8) is 0 Å². The van der Waals surface area contributed by atoms with Crippen LogP contribution in [0.2, 0.25) is 0 Å². The predicted molar refractivity (Wildman–Crippen MR) is 140 cm³/mol. The average Bonchev–Trinajstić information content (AvgIpc) is 2.69. The zero-order valence-electron chi connectivity index (χ0n) is 19.6. The van der Waals surface area contributed by atoms with Gasteiger partial charge >= 0.3 is 0 Å². The molecule has 9 heteroatoms. The summed E-state index contributed by atoms with van der Waals surface area (Å²) in [6.45, 7) is 17.4. The van der Waals surface area contributed by atoms with Crippen molar-refractivity contribution in [2.45, 2.75) is 39.1 Å². The maximum absolute atomic E-state index is 11.8. The molecule has 0 radical (unpaired) electrons. The van der Waals surface area contributed by atoms with Gasteiger partial charge in [0.15, 0.2) is 15.8 Å². The first-order valence-electron chi connectivity index (χ1n) is 11.0. The highest BCUT2D eigenvalue weighted by atomic mass is 127. The van der Waals surface area contributed by atoms with Gasteiger partial charge in [0, 0.05) is 52.1 Å². The van der Waals surface area contributed by atoms with Gasteiger partial charge in [-0.05, 0) is 43.5 Å². The van der Waals surface area contributed by atoms with E-state index in [4.69, 9.17) is 0 Å². The van der Waals surface area contributed by atoms with E-state index < -0.39 is 9.84 Å². The van der Waals surface area contributed by atoms with Gasteiger partial charge in [-0.2, -0.15) is 0 Å². The second kappa shape index (κ2) is 13.6. The lowest BCUT2D eigenvalue weighted by molar-refractivity contribution is 0.124. The Morgan fingerprint density at radius 2 is 1.77 bits per heavy atom. The Hall–Kier alpha value is -0.910. The maximum Gasteiger partial charge on any atom is 0.191 e. The monoisotopic (exact) mass is 565 g/mol. The fourth-order valence-corrected chi connectivity index (χ4v) is 4.76. The molecular formula is C22H40IN5O2S. The van der Waals surface area contributed by atoms with Gasteiger partial charge in [0.1, 0.15) is 0 Å². The van der Waals surface area contributed by atoms with Crippen LogP contribution in [-0.4, -0.2) is 82.8 Å². The summed E-state index contributed by atoms with van der Waals surface area (Å²) < 4.78 is 23.6. The second-order valence-electron chi connectivity index (χ2n) is 8.29. The van der Waals surface area contributed by atoms with Gasteiger partial charge in [0.2, 0.25) is 0 Å². The number of likely N-dealkylation sites (N-methyl/N-ethyl adjacent to an activating group) is 1. The van der Waals surface area contributed by atoms with Crippen molar-refractivity contribution in [2.75, 3.05) is 58.6 Å². The van der Waals surface area contributed by atoms with Crippen molar-refractivity contribution < 1.29 is 8.42 Å². The van der Waals surface area contributed by atoms with E-state index in [1.54, 1.807) is 6.07 Å². The van der Waals surface area contributed by atoms with E-state index in [2.05, 4.69) is 46.2 Å². The minimum Gasteiger partial charge on any atom is -0.357 e. The van der Waals surface area contributed by atoms with E-state index in [1.165, 1.54) is 6.26 Å². The quantitative estimate of drug-likeness (QED) is 0.272. The van der Waals surface area contributed by atoms with Crippen LogP contribution in [0.4, 0.5) is 0 Å². The number of aliphatic imine (C=N–C) groups is 1. The highest BCUT2D eigenvalue weighted by Gasteiger charge is 2.17. The Labute approximate surface area is 206 Å². The zero-order chi connectivity index (χ0) is 22.1. The SMILES string of the molecule is CCNC(=NCc1ccc(S(C)(=O)=O)c(C)c1)NCC(C)CN1CCN(CC)CC1.I. The molecular weight excluding hydrogens is 525 g/mol. The number of piperazine rings is 1. The molecule has 0 spiro atoms. The number of rotatable bonds is 9. The third kappa shape index (κ3) is 9.63. The van der Waals surface area contributed by atoms with Gasteiger partial charge in [-0.1, -0.05) is 26.0 Å². The summed E-state index contributed by atoms with van der Waals surface area (Å²) in [6, 6.07) is 5.42. The zero-order valence-corrected chi connectivity index (χ0v) is 22.8. The number of halogens is 1. The fraction of sp³-hybridized carbons (Fsp3) is 0.682. The van der Waals surface area contributed by atoms with Crippen LogP contribution in [0.25, 0.3) is 0 Å². The van der Waals surface area contributed by atoms with Crippen molar-refractivity contribution >= 4 is 39.8 Å². The predicted octanol–water partition coefficient (Wildman–Crippen LogP) is 2.35. The molecule has 178 valence electrons. The van der Waals surface area contributed by atoms with Crippen LogP contribution in [0.1, 0.15) is 31.9 Å². The highest BCUT2D eigenvalue weighted by molar-refractivity contribution is 14.0. The average molecular weight is 566 g/mol. The number of aryl methyl sites for hydroxylation is 1. The van der Waals surface area contributed by atoms with E-state index in [0.717, 1.165) is 69.4 Å². The Morgan fingerprint density at radius 1 is 1.13 bits per heavy atom. The van der Waals surface area contributed by atoms with Crippen LogP contribution < -0.4 is 10.6 Å². The summed E-state index contributed by atoms with van der Waals surface area (Å²) in [5.41, 5.74) is 1.76. The Bertz CT molecular complexity index is 808. The van der Waals surface area contributed by atoms with Gasteiger partial charge in [-0.3, -0.25) is 0 Å². The lowest BCUT2D eigenvalue weighted by Crippen LogP contribution is -2.48. The molecule has 1 unspecified atom stereocenters. The van der Waals surface area contributed by atoms with Crippen molar-refractivity contribution in [3.8, 4) is 0 Å². The van der Waals surface area contributed by atoms with E-state index in [-0.39, 0.29) is 24.0 Å². The second-order valence-corrected chi connectivity index (χ2v) is 10.3. The van der Waals surface area contributed by atoms with Gasteiger partial charge in [-0.25, -0.2) is 13.4 Å². The minimum atomic E-state index is -3.19. The molecule has 2 N–H and O–H groups in total.